The van der Waals surface area contributed by atoms with E-state index in [2.05, 4.69) is 9.50 Å². The summed E-state index contributed by atoms with van der Waals surface area (Å²) >= 11 is 0. The molecule has 1 amide bonds. The van der Waals surface area contributed by atoms with Gasteiger partial charge in [-0.25, -0.2) is 4.39 Å². The molecule has 0 bridgehead atoms. The van der Waals surface area contributed by atoms with Crippen LogP contribution in [-0.2, 0) is 10.5 Å². The number of anilines is 1. The third-order valence-electron chi connectivity index (χ3n) is 2.65. The van der Waals surface area contributed by atoms with Gasteiger partial charge in [0, 0.05) is 5.69 Å². The maximum absolute atomic E-state index is 13.7. The minimum Gasteiger partial charge on any atom is -0.358 e. The molecule has 2 aromatic rings. The lowest BCUT2D eigenvalue weighted by molar-refractivity contribution is 0.102. The maximum atomic E-state index is 13.7. The van der Waals surface area contributed by atoms with Crippen molar-refractivity contribution < 1.29 is 25.7 Å². The maximum Gasteiger partial charge on any atom is 0.488 e. The third kappa shape index (κ3) is 4.49. The summed E-state index contributed by atoms with van der Waals surface area (Å²) in [4.78, 5) is 11.9. The third-order valence-corrected chi connectivity index (χ3v) is 3.04. The number of amides is 1. The summed E-state index contributed by atoms with van der Waals surface area (Å²) in [6.45, 7) is 0. The molecule has 0 saturated heterocycles. The van der Waals surface area contributed by atoms with Crippen LogP contribution >= 0.6 is 0 Å². The average Bonchev–Trinajstić information content (AvgIpc) is 2.47. The monoisotopic (exact) mass is 338 g/mol. The molecule has 0 aliphatic carbocycles. The highest BCUT2D eigenvalue weighted by molar-refractivity contribution is 7.81. The summed E-state index contributed by atoms with van der Waals surface area (Å²) < 4.78 is 50.7. The molecule has 2 aromatic carbocycles. The van der Waals surface area contributed by atoms with E-state index in [-0.39, 0.29) is 22.6 Å². The van der Waals surface area contributed by atoms with Crippen LogP contribution in [0.5, 0.6) is 5.75 Å². The van der Waals surface area contributed by atoms with Gasteiger partial charge in [-0.2, -0.15) is 13.7 Å². The molecule has 9 heteroatoms. The molecule has 0 fully saturated rings. The SMILES string of the molecule is N#Cc1ccc(C(=O)Nc2ccc(OS(=O)(=O)F)cc2)c(F)c1. The Morgan fingerprint density at radius 1 is 1.17 bits per heavy atom. The van der Waals surface area contributed by atoms with Gasteiger partial charge < -0.3 is 9.50 Å². The number of carbonyl (C=O) groups is 1. The van der Waals surface area contributed by atoms with Gasteiger partial charge in [0.1, 0.15) is 11.6 Å². The fraction of sp³-hybridized carbons (Fsp3) is 0. The van der Waals surface area contributed by atoms with Gasteiger partial charge in [0.2, 0.25) is 0 Å². The van der Waals surface area contributed by atoms with E-state index in [0.29, 0.717) is 0 Å². The Kier molecular flexibility index (Phi) is 4.57. The molecule has 0 heterocycles. The largest absolute Gasteiger partial charge is 0.488 e. The Balaban J connectivity index is 2.13. The van der Waals surface area contributed by atoms with Crippen LogP contribution in [0.4, 0.5) is 14.0 Å². The minimum atomic E-state index is -5.13. The van der Waals surface area contributed by atoms with Gasteiger partial charge in [0.05, 0.1) is 17.2 Å². The van der Waals surface area contributed by atoms with E-state index in [4.69, 9.17) is 5.26 Å². The number of rotatable bonds is 4. The van der Waals surface area contributed by atoms with Crippen molar-refractivity contribution in [1.82, 2.24) is 0 Å². The number of halogens is 2. The second-order valence-corrected chi connectivity index (χ2v) is 5.21. The van der Waals surface area contributed by atoms with Crippen LogP contribution < -0.4 is 9.50 Å². The Labute approximate surface area is 130 Å². The summed E-state index contributed by atoms with van der Waals surface area (Å²) in [5, 5.41) is 11.0. The van der Waals surface area contributed by atoms with Gasteiger partial charge in [0.15, 0.2) is 0 Å². The number of hydrogen-bond donors (Lipinski definition) is 1. The zero-order chi connectivity index (χ0) is 17.0. The standard InChI is InChI=1S/C14H8F2N2O4S/c15-13-7-9(8-17)1-6-12(13)14(19)18-10-2-4-11(5-3-10)22-23(16,20)21/h1-7H,(H,18,19). The second-order valence-electron chi connectivity index (χ2n) is 4.26. The average molecular weight is 338 g/mol. The molecule has 2 rings (SSSR count). The molecule has 0 aliphatic heterocycles. The van der Waals surface area contributed by atoms with Gasteiger partial charge in [-0.1, -0.05) is 3.89 Å². The van der Waals surface area contributed by atoms with Crippen molar-refractivity contribution in [3.8, 4) is 11.8 Å². The lowest BCUT2D eigenvalue weighted by Crippen LogP contribution is -2.13. The lowest BCUT2D eigenvalue weighted by atomic mass is 10.1. The van der Waals surface area contributed by atoms with Crippen molar-refractivity contribution in [2.24, 2.45) is 0 Å². The molecule has 1 N–H and O–H groups in total. The van der Waals surface area contributed by atoms with Crippen molar-refractivity contribution >= 4 is 22.1 Å². The normalized spacial score (nSPS) is 10.7. The molecule has 0 atom stereocenters. The fourth-order valence-corrected chi connectivity index (χ4v) is 2.02. The van der Waals surface area contributed by atoms with Crippen molar-refractivity contribution in [3.05, 3.63) is 59.4 Å². The fourth-order valence-electron chi connectivity index (χ4n) is 1.68. The van der Waals surface area contributed by atoms with Crippen molar-refractivity contribution in [2.45, 2.75) is 0 Å². The van der Waals surface area contributed by atoms with E-state index in [9.17, 15) is 21.5 Å². The zero-order valence-corrected chi connectivity index (χ0v) is 12.1. The van der Waals surface area contributed by atoms with Crippen LogP contribution in [0.2, 0.25) is 0 Å². The van der Waals surface area contributed by atoms with Crippen LogP contribution in [-0.4, -0.2) is 14.3 Å². The van der Waals surface area contributed by atoms with Crippen molar-refractivity contribution in [1.29, 1.82) is 5.26 Å². The van der Waals surface area contributed by atoms with Crippen LogP contribution in [0.3, 0.4) is 0 Å². The number of nitriles is 1. The minimum absolute atomic E-state index is 0.0768. The number of carbonyl (C=O) groups excluding carboxylic acids is 1. The number of hydrogen-bond acceptors (Lipinski definition) is 5. The molecule has 0 aromatic heterocycles. The predicted octanol–water partition coefficient (Wildman–Crippen LogP) is 2.54. The summed E-state index contributed by atoms with van der Waals surface area (Å²) in [6.07, 6.45) is 0. The van der Waals surface area contributed by atoms with Crippen molar-refractivity contribution in [2.75, 3.05) is 5.32 Å². The molecule has 0 unspecified atom stereocenters. The highest BCUT2D eigenvalue weighted by Gasteiger charge is 2.13. The quantitative estimate of drug-likeness (QED) is 0.864. The van der Waals surface area contributed by atoms with E-state index in [1.54, 1.807) is 6.07 Å². The van der Waals surface area contributed by atoms with Gasteiger partial charge in [-0.05, 0) is 42.5 Å². The first-order valence-electron chi connectivity index (χ1n) is 6.03. The number of nitrogens with zero attached hydrogens (tertiary/aromatic N) is 1. The molecule has 118 valence electrons. The molecule has 0 spiro atoms. The van der Waals surface area contributed by atoms with Gasteiger partial charge in [-0.15, -0.1) is 0 Å². The number of nitrogens with one attached hydrogen (secondary N) is 1. The van der Waals surface area contributed by atoms with E-state index in [1.807, 2.05) is 0 Å². The first kappa shape index (κ1) is 16.4. The Hall–Kier alpha value is -2.99. The summed E-state index contributed by atoms with van der Waals surface area (Å²) in [7, 11) is -5.13. The Morgan fingerprint density at radius 3 is 2.35 bits per heavy atom. The molecule has 0 saturated carbocycles. The van der Waals surface area contributed by atoms with Crippen LogP contribution in [0.25, 0.3) is 0 Å². The highest BCUT2D eigenvalue weighted by atomic mass is 32.3. The Bertz CT molecular complexity index is 890. The van der Waals surface area contributed by atoms with Crippen LogP contribution in [0, 0.1) is 17.1 Å². The lowest BCUT2D eigenvalue weighted by Gasteiger charge is -2.07. The summed E-state index contributed by atoms with van der Waals surface area (Å²) in [5.74, 6) is -1.90. The topological polar surface area (TPSA) is 96.3 Å². The highest BCUT2D eigenvalue weighted by Crippen LogP contribution is 2.19. The van der Waals surface area contributed by atoms with E-state index in [1.165, 1.54) is 18.2 Å². The smallest absolute Gasteiger partial charge is 0.358 e. The summed E-state index contributed by atoms with van der Waals surface area (Å²) in [6, 6.07) is 9.85. The Morgan fingerprint density at radius 2 is 1.83 bits per heavy atom. The molecular weight excluding hydrogens is 330 g/mol. The molecule has 0 radical (unpaired) electrons. The predicted molar refractivity (Wildman–Crippen MR) is 76.2 cm³/mol. The van der Waals surface area contributed by atoms with Gasteiger partial charge in [0.25, 0.3) is 5.91 Å². The molecular formula is C14H8F2N2O4S. The molecule has 0 aliphatic rings. The molecule has 23 heavy (non-hydrogen) atoms. The first-order chi connectivity index (χ1) is 10.8. The number of benzene rings is 2. The van der Waals surface area contributed by atoms with Crippen LogP contribution in [0.15, 0.2) is 42.5 Å². The van der Waals surface area contributed by atoms with Gasteiger partial charge >= 0.3 is 10.5 Å². The second kappa shape index (κ2) is 6.41. The first-order valence-corrected chi connectivity index (χ1v) is 7.34. The van der Waals surface area contributed by atoms with E-state index < -0.39 is 22.2 Å². The van der Waals surface area contributed by atoms with E-state index in [0.717, 1.165) is 24.3 Å². The van der Waals surface area contributed by atoms with E-state index >= 15 is 0 Å². The van der Waals surface area contributed by atoms with Crippen LogP contribution in [0.1, 0.15) is 15.9 Å². The van der Waals surface area contributed by atoms with Crippen molar-refractivity contribution in [3.63, 3.8) is 0 Å². The molecule has 6 nitrogen and oxygen atoms in total. The zero-order valence-electron chi connectivity index (χ0n) is 11.3. The van der Waals surface area contributed by atoms with Gasteiger partial charge in [-0.3, -0.25) is 4.79 Å². The summed E-state index contributed by atoms with van der Waals surface area (Å²) in [5.41, 5.74) is 0.0195.